The fraction of sp³-hybridized carbons (Fsp3) is 0.429. The lowest BCUT2D eigenvalue weighted by molar-refractivity contribution is 0.945. The zero-order valence-corrected chi connectivity index (χ0v) is 8.20. The minimum atomic E-state index is 0.509. The predicted octanol–water partition coefficient (Wildman–Crippen LogP) is 1.13. The van der Waals surface area contributed by atoms with Crippen LogP contribution in [0.2, 0.25) is 0 Å². The van der Waals surface area contributed by atoms with Crippen LogP contribution < -0.4 is 11.1 Å². The predicted molar refractivity (Wildman–Crippen MR) is 52.5 cm³/mol. The van der Waals surface area contributed by atoms with Crippen LogP contribution in [0.25, 0.3) is 0 Å². The van der Waals surface area contributed by atoms with E-state index in [0.29, 0.717) is 11.0 Å². The van der Waals surface area contributed by atoms with Gasteiger partial charge in [-0.2, -0.15) is 0 Å². The molecule has 1 rings (SSSR count). The van der Waals surface area contributed by atoms with Gasteiger partial charge in [-0.25, -0.2) is 9.97 Å². The molecule has 0 spiro atoms. The minimum Gasteiger partial charge on any atom is -0.384 e. The summed E-state index contributed by atoms with van der Waals surface area (Å²) in [6.07, 6.45) is 1.92. The zero-order chi connectivity index (χ0) is 9.14. The van der Waals surface area contributed by atoms with Crippen LogP contribution in [0.3, 0.4) is 0 Å². The van der Waals surface area contributed by atoms with E-state index in [4.69, 9.17) is 5.73 Å². The van der Waals surface area contributed by atoms with E-state index in [2.05, 4.69) is 15.3 Å². The fourth-order valence-electron chi connectivity index (χ4n) is 0.969. The van der Waals surface area contributed by atoms with E-state index in [1.54, 1.807) is 7.05 Å². The quantitative estimate of drug-likeness (QED) is 0.533. The van der Waals surface area contributed by atoms with Crippen LogP contribution in [0.4, 0.5) is 11.5 Å². The first-order chi connectivity index (χ1) is 5.69. The first-order valence-electron chi connectivity index (χ1n) is 3.55. The lowest BCUT2D eigenvalue weighted by Gasteiger charge is -2.07. The highest BCUT2D eigenvalue weighted by molar-refractivity contribution is 7.98. The highest BCUT2D eigenvalue weighted by Crippen LogP contribution is 2.21. The number of nitrogen functional groups attached to an aromatic ring is 1. The molecule has 0 bridgehead atoms. The monoisotopic (exact) mass is 184 g/mol. The molecule has 0 fully saturated rings. The average molecular weight is 184 g/mol. The Kier molecular flexibility index (Phi) is 2.75. The molecular weight excluding hydrogens is 172 g/mol. The summed E-state index contributed by atoms with van der Waals surface area (Å²) >= 11 is 1.49. The Labute approximate surface area is 76.0 Å². The summed E-state index contributed by atoms with van der Waals surface area (Å²) in [5.41, 5.74) is 7.38. The Morgan fingerprint density at radius 3 is 2.50 bits per heavy atom. The topological polar surface area (TPSA) is 63.8 Å². The summed E-state index contributed by atoms with van der Waals surface area (Å²) in [4.78, 5) is 8.32. The van der Waals surface area contributed by atoms with Gasteiger partial charge in [-0.15, -0.1) is 0 Å². The molecule has 1 aromatic heterocycles. The molecule has 1 aromatic rings. The van der Waals surface area contributed by atoms with E-state index in [1.807, 2.05) is 13.2 Å². The Morgan fingerprint density at radius 1 is 1.42 bits per heavy atom. The van der Waals surface area contributed by atoms with Crippen molar-refractivity contribution in [2.24, 2.45) is 0 Å². The van der Waals surface area contributed by atoms with Crippen molar-refractivity contribution in [2.45, 2.75) is 12.1 Å². The summed E-state index contributed by atoms with van der Waals surface area (Å²) in [7, 11) is 1.81. The van der Waals surface area contributed by atoms with Crippen molar-refractivity contribution in [1.82, 2.24) is 9.97 Å². The zero-order valence-electron chi connectivity index (χ0n) is 7.38. The number of aryl methyl sites for hydroxylation is 1. The van der Waals surface area contributed by atoms with Crippen LogP contribution in [-0.4, -0.2) is 23.3 Å². The summed E-state index contributed by atoms with van der Waals surface area (Å²) < 4.78 is 0. The molecule has 1 heterocycles. The van der Waals surface area contributed by atoms with E-state index in [0.717, 1.165) is 11.4 Å². The largest absolute Gasteiger partial charge is 0.384 e. The van der Waals surface area contributed by atoms with Crippen molar-refractivity contribution in [2.75, 3.05) is 24.4 Å². The summed E-state index contributed by atoms with van der Waals surface area (Å²) in [5, 5.41) is 3.67. The number of rotatable bonds is 2. The first-order valence-corrected chi connectivity index (χ1v) is 4.77. The van der Waals surface area contributed by atoms with Crippen LogP contribution >= 0.6 is 11.8 Å². The van der Waals surface area contributed by atoms with E-state index in [-0.39, 0.29) is 0 Å². The van der Waals surface area contributed by atoms with Gasteiger partial charge in [0.25, 0.3) is 0 Å². The van der Waals surface area contributed by atoms with Gasteiger partial charge in [0, 0.05) is 7.05 Å². The average Bonchev–Trinajstić information content (AvgIpc) is 2.03. The molecule has 0 atom stereocenters. The van der Waals surface area contributed by atoms with Gasteiger partial charge in [0.05, 0.1) is 11.4 Å². The highest BCUT2D eigenvalue weighted by Gasteiger charge is 2.05. The fourth-order valence-corrected chi connectivity index (χ4v) is 1.39. The number of nitrogens with zero attached hydrogens (tertiary/aromatic N) is 2. The second-order valence-corrected chi connectivity index (χ2v) is 3.08. The third-order valence-corrected chi connectivity index (χ3v) is 2.08. The Morgan fingerprint density at radius 2 is 2.08 bits per heavy atom. The maximum Gasteiger partial charge on any atom is 0.189 e. The Bertz CT molecular complexity index is 264. The van der Waals surface area contributed by atoms with Crippen molar-refractivity contribution in [3.8, 4) is 0 Å². The van der Waals surface area contributed by atoms with Crippen molar-refractivity contribution < 1.29 is 0 Å². The molecule has 66 valence electrons. The van der Waals surface area contributed by atoms with Gasteiger partial charge in [0.1, 0.15) is 0 Å². The molecule has 0 aliphatic carbocycles. The molecule has 0 aliphatic rings. The number of aromatic nitrogens is 2. The molecule has 0 saturated heterocycles. The lowest BCUT2D eigenvalue weighted by atomic mass is 10.3. The molecule has 0 amide bonds. The van der Waals surface area contributed by atoms with Crippen LogP contribution in [0, 0.1) is 6.92 Å². The van der Waals surface area contributed by atoms with Crippen molar-refractivity contribution in [1.29, 1.82) is 0 Å². The van der Waals surface area contributed by atoms with Crippen LogP contribution in [-0.2, 0) is 0 Å². The van der Waals surface area contributed by atoms with Crippen LogP contribution in [0.5, 0.6) is 0 Å². The number of hydrogen-bond acceptors (Lipinski definition) is 5. The normalized spacial score (nSPS) is 9.92. The van der Waals surface area contributed by atoms with Crippen molar-refractivity contribution in [3.63, 3.8) is 0 Å². The summed E-state index contributed by atoms with van der Waals surface area (Å²) in [6.45, 7) is 1.91. The molecule has 3 N–H and O–H groups in total. The van der Waals surface area contributed by atoms with E-state index >= 15 is 0 Å². The lowest BCUT2D eigenvalue weighted by Crippen LogP contribution is -2.04. The smallest absolute Gasteiger partial charge is 0.189 e. The summed E-state index contributed by atoms with van der Waals surface area (Å²) in [5.74, 6) is 0.509. The van der Waals surface area contributed by atoms with Crippen LogP contribution in [0.1, 0.15) is 5.69 Å². The van der Waals surface area contributed by atoms with Gasteiger partial charge in [-0.05, 0) is 13.2 Å². The maximum absolute atomic E-state index is 5.68. The van der Waals surface area contributed by atoms with Crippen molar-refractivity contribution in [3.05, 3.63) is 5.69 Å². The molecule has 0 aliphatic heterocycles. The van der Waals surface area contributed by atoms with E-state index in [1.165, 1.54) is 11.8 Å². The molecule has 0 radical (unpaired) electrons. The third kappa shape index (κ3) is 1.61. The standard InChI is InChI=1S/C7H12N4S/c1-4-5(9-2)6(8)11-7(10-4)12-3/h9H,1-3H3,(H2,8,10,11). The molecule has 0 aromatic carbocycles. The first kappa shape index (κ1) is 9.12. The van der Waals surface area contributed by atoms with Crippen molar-refractivity contribution >= 4 is 23.3 Å². The van der Waals surface area contributed by atoms with Gasteiger partial charge in [-0.3, -0.25) is 0 Å². The maximum atomic E-state index is 5.68. The van der Waals surface area contributed by atoms with Gasteiger partial charge < -0.3 is 11.1 Å². The van der Waals surface area contributed by atoms with Gasteiger partial charge in [0.2, 0.25) is 0 Å². The Hall–Kier alpha value is -0.970. The summed E-state index contributed by atoms with van der Waals surface area (Å²) in [6, 6.07) is 0. The second-order valence-electron chi connectivity index (χ2n) is 2.31. The van der Waals surface area contributed by atoms with Gasteiger partial charge in [-0.1, -0.05) is 11.8 Å². The van der Waals surface area contributed by atoms with Gasteiger partial charge in [0.15, 0.2) is 11.0 Å². The number of nitrogens with two attached hydrogens (primary N) is 1. The number of thioether (sulfide) groups is 1. The molecular formula is C7H12N4S. The molecule has 0 saturated carbocycles. The number of hydrogen-bond donors (Lipinski definition) is 2. The number of anilines is 2. The molecule has 12 heavy (non-hydrogen) atoms. The van der Waals surface area contributed by atoms with E-state index < -0.39 is 0 Å². The molecule has 4 nitrogen and oxygen atoms in total. The van der Waals surface area contributed by atoms with E-state index in [9.17, 15) is 0 Å². The van der Waals surface area contributed by atoms with Gasteiger partial charge >= 0.3 is 0 Å². The molecule has 0 unspecified atom stereocenters. The highest BCUT2D eigenvalue weighted by atomic mass is 32.2. The SMILES string of the molecule is CNc1c(C)nc(SC)nc1N. The third-order valence-electron chi connectivity index (χ3n) is 1.53. The second kappa shape index (κ2) is 3.62. The van der Waals surface area contributed by atoms with Crippen LogP contribution in [0.15, 0.2) is 5.16 Å². The minimum absolute atomic E-state index is 0.509. The Balaban J connectivity index is 3.18. The number of nitrogens with one attached hydrogen (secondary N) is 1. The molecule has 5 heteroatoms.